The van der Waals surface area contributed by atoms with E-state index in [4.69, 9.17) is 0 Å². The maximum Gasteiger partial charge on any atom is 0.229 e. The number of aromatic nitrogens is 3. The van der Waals surface area contributed by atoms with Crippen molar-refractivity contribution in [2.24, 2.45) is 0 Å². The van der Waals surface area contributed by atoms with Crippen molar-refractivity contribution in [1.29, 1.82) is 0 Å². The predicted molar refractivity (Wildman–Crippen MR) is 101 cm³/mol. The second kappa shape index (κ2) is 6.76. The molecule has 5 nitrogen and oxygen atoms in total. The van der Waals surface area contributed by atoms with Gasteiger partial charge in [0, 0.05) is 34.7 Å². The van der Waals surface area contributed by atoms with Crippen LogP contribution < -0.4 is 10.6 Å². The van der Waals surface area contributed by atoms with Gasteiger partial charge < -0.3 is 10.6 Å². The molecule has 0 atom stereocenters. The predicted octanol–water partition coefficient (Wildman–Crippen LogP) is 4.96. The average molecular weight is 345 g/mol. The fraction of sp³-hybridized carbons (Fsp3) is 0.0500. The minimum Gasteiger partial charge on any atom is -0.340 e. The van der Waals surface area contributed by atoms with Gasteiger partial charge in [0.15, 0.2) is 0 Å². The summed E-state index contributed by atoms with van der Waals surface area (Å²) in [6.45, 7) is 1.93. The highest BCUT2D eigenvalue weighted by Gasteiger charge is 2.06. The molecule has 26 heavy (non-hydrogen) atoms. The third-order valence-electron chi connectivity index (χ3n) is 3.92. The third kappa shape index (κ3) is 3.44. The van der Waals surface area contributed by atoms with Crippen LogP contribution in [0.3, 0.4) is 0 Å². The van der Waals surface area contributed by atoms with E-state index < -0.39 is 0 Å². The number of halogens is 1. The Labute approximate surface area is 150 Å². The van der Waals surface area contributed by atoms with Crippen molar-refractivity contribution in [3.8, 4) is 0 Å². The van der Waals surface area contributed by atoms with Gasteiger partial charge >= 0.3 is 0 Å². The molecule has 0 aliphatic rings. The highest BCUT2D eigenvalue weighted by molar-refractivity contribution is 5.83. The summed E-state index contributed by atoms with van der Waals surface area (Å²) in [5.41, 5.74) is 3.34. The third-order valence-corrected chi connectivity index (χ3v) is 3.92. The molecule has 0 fully saturated rings. The molecule has 0 amide bonds. The number of anilines is 4. The molecule has 4 rings (SSSR count). The van der Waals surface area contributed by atoms with Crippen LogP contribution in [0.1, 0.15) is 5.56 Å². The molecule has 0 unspecified atom stereocenters. The molecule has 0 bridgehead atoms. The van der Waals surface area contributed by atoms with E-state index in [0.29, 0.717) is 17.5 Å². The second-order valence-corrected chi connectivity index (χ2v) is 5.90. The summed E-state index contributed by atoms with van der Waals surface area (Å²) in [4.78, 5) is 13.1. The first-order valence-corrected chi connectivity index (χ1v) is 8.15. The fourth-order valence-corrected chi connectivity index (χ4v) is 2.61. The van der Waals surface area contributed by atoms with Crippen molar-refractivity contribution in [1.82, 2.24) is 15.0 Å². The second-order valence-electron chi connectivity index (χ2n) is 5.90. The van der Waals surface area contributed by atoms with Gasteiger partial charge in [0.25, 0.3) is 0 Å². The van der Waals surface area contributed by atoms with Gasteiger partial charge in [0.1, 0.15) is 11.6 Å². The number of rotatable bonds is 4. The van der Waals surface area contributed by atoms with Crippen molar-refractivity contribution >= 4 is 34.0 Å². The summed E-state index contributed by atoms with van der Waals surface area (Å²) in [6.07, 6.45) is 3.49. The van der Waals surface area contributed by atoms with E-state index in [0.717, 1.165) is 22.2 Å². The van der Waals surface area contributed by atoms with Crippen molar-refractivity contribution in [3.05, 3.63) is 78.4 Å². The smallest absolute Gasteiger partial charge is 0.229 e. The van der Waals surface area contributed by atoms with Crippen LogP contribution in [-0.2, 0) is 0 Å². The molecule has 0 aliphatic heterocycles. The summed E-state index contributed by atoms with van der Waals surface area (Å²) in [5, 5.41) is 7.37. The highest BCUT2D eigenvalue weighted by atomic mass is 19.1. The van der Waals surface area contributed by atoms with E-state index >= 15 is 0 Å². The van der Waals surface area contributed by atoms with E-state index in [2.05, 4.69) is 25.6 Å². The van der Waals surface area contributed by atoms with Gasteiger partial charge in [-0.05, 0) is 49.4 Å². The lowest BCUT2D eigenvalue weighted by molar-refractivity contribution is 0.628. The highest BCUT2D eigenvalue weighted by Crippen LogP contribution is 2.23. The van der Waals surface area contributed by atoms with Crippen LogP contribution in [0, 0.1) is 12.7 Å². The van der Waals surface area contributed by atoms with Gasteiger partial charge in [0.2, 0.25) is 5.95 Å². The van der Waals surface area contributed by atoms with Crippen LogP contribution in [0.5, 0.6) is 0 Å². The van der Waals surface area contributed by atoms with Crippen molar-refractivity contribution in [2.45, 2.75) is 6.92 Å². The summed E-state index contributed by atoms with van der Waals surface area (Å²) in [7, 11) is 0. The number of hydrogen-bond acceptors (Lipinski definition) is 5. The number of hydrogen-bond donors (Lipinski definition) is 2. The Morgan fingerprint density at radius 2 is 1.77 bits per heavy atom. The molecule has 128 valence electrons. The first kappa shape index (κ1) is 16.0. The fourth-order valence-electron chi connectivity index (χ4n) is 2.61. The summed E-state index contributed by atoms with van der Waals surface area (Å²) in [5.74, 6) is 0.763. The van der Waals surface area contributed by atoms with Crippen LogP contribution >= 0.6 is 0 Å². The summed E-state index contributed by atoms with van der Waals surface area (Å²) < 4.78 is 13.3. The van der Waals surface area contributed by atoms with Crippen LogP contribution in [0.4, 0.5) is 27.5 Å². The van der Waals surface area contributed by atoms with Gasteiger partial charge in [0.05, 0.1) is 5.52 Å². The Morgan fingerprint density at radius 1 is 0.885 bits per heavy atom. The lowest BCUT2D eigenvalue weighted by Gasteiger charge is -2.11. The van der Waals surface area contributed by atoms with Crippen LogP contribution in [0.25, 0.3) is 10.9 Å². The molecular weight excluding hydrogens is 329 g/mol. The lowest BCUT2D eigenvalue weighted by atomic mass is 10.2. The van der Waals surface area contributed by atoms with E-state index in [-0.39, 0.29) is 5.82 Å². The van der Waals surface area contributed by atoms with Gasteiger partial charge in [-0.3, -0.25) is 4.98 Å². The molecule has 0 saturated carbocycles. The van der Waals surface area contributed by atoms with Crippen LogP contribution in [0.15, 0.2) is 67.0 Å². The largest absolute Gasteiger partial charge is 0.340 e. The van der Waals surface area contributed by atoms with E-state index in [1.165, 1.54) is 12.1 Å². The molecule has 2 heterocycles. The summed E-state index contributed by atoms with van der Waals surface area (Å²) >= 11 is 0. The molecule has 6 heteroatoms. The Morgan fingerprint density at radius 3 is 2.65 bits per heavy atom. The topological polar surface area (TPSA) is 62.7 Å². The van der Waals surface area contributed by atoms with Gasteiger partial charge in [-0.15, -0.1) is 0 Å². The van der Waals surface area contributed by atoms with Crippen molar-refractivity contribution in [2.75, 3.05) is 10.6 Å². The molecule has 2 aromatic carbocycles. The standard InChI is InChI=1S/C20H16FN5/c1-13-12-23-20(25-16-6-2-5-15(21)11-16)26-19(13)24-17-7-8-18-14(10-17)4-3-9-22-18/h2-12H,1H3,(H2,23,24,25,26). The van der Waals surface area contributed by atoms with Crippen LogP contribution in [0.2, 0.25) is 0 Å². The van der Waals surface area contributed by atoms with Gasteiger partial charge in [-0.2, -0.15) is 4.98 Å². The van der Waals surface area contributed by atoms with Crippen molar-refractivity contribution < 1.29 is 4.39 Å². The zero-order valence-corrected chi connectivity index (χ0v) is 14.1. The SMILES string of the molecule is Cc1cnc(Nc2cccc(F)c2)nc1Nc1ccc2ncccc2c1. The summed E-state index contributed by atoms with van der Waals surface area (Å²) in [6, 6.07) is 16.0. The minimum atomic E-state index is -0.315. The van der Waals surface area contributed by atoms with Crippen molar-refractivity contribution in [3.63, 3.8) is 0 Å². The monoisotopic (exact) mass is 345 g/mol. The number of fused-ring (bicyclic) bond motifs is 1. The zero-order chi connectivity index (χ0) is 17.9. The number of benzene rings is 2. The van der Waals surface area contributed by atoms with Gasteiger partial charge in [-0.1, -0.05) is 12.1 Å². The molecular formula is C20H16FN5. The first-order valence-electron chi connectivity index (χ1n) is 8.15. The zero-order valence-electron chi connectivity index (χ0n) is 14.1. The van der Waals surface area contributed by atoms with Crippen LogP contribution in [-0.4, -0.2) is 15.0 Å². The molecule has 4 aromatic rings. The first-order chi connectivity index (χ1) is 12.7. The molecule has 0 radical (unpaired) electrons. The quantitative estimate of drug-likeness (QED) is 0.547. The molecule has 0 saturated heterocycles. The van der Waals surface area contributed by atoms with E-state index in [9.17, 15) is 4.39 Å². The normalized spacial score (nSPS) is 10.7. The maximum absolute atomic E-state index is 13.3. The lowest BCUT2D eigenvalue weighted by Crippen LogP contribution is -2.03. The molecule has 2 N–H and O–H groups in total. The molecule has 0 aliphatic carbocycles. The number of nitrogens with zero attached hydrogens (tertiary/aromatic N) is 3. The Hall–Kier alpha value is -3.54. The maximum atomic E-state index is 13.3. The molecule has 2 aromatic heterocycles. The molecule has 0 spiro atoms. The van der Waals surface area contributed by atoms with E-state index in [1.54, 1.807) is 24.5 Å². The number of aryl methyl sites for hydroxylation is 1. The minimum absolute atomic E-state index is 0.315. The number of nitrogens with one attached hydrogen (secondary N) is 2. The Balaban J connectivity index is 1.61. The number of pyridine rings is 1. The average Bonchev–Trinajstić information content (AvgIpc) is 2.64. The van der Waals surface area contributed by atoms with Gasteiger partial charge in [-0.25, -0.2) is 9.37 Å². The Bertz CT molecular complexity index is 1080. The van der Waals surface area contributed by atoms with E-state index in [1.807, 2.05) is 37.3 Å². The Kier molecular flexibility index (Phi) is 4.15.